The lowest BCUT2D eigenvalue weighted by molar-refractivity contribution is -0.123. The first-order valence-electron chi connectivity index (χ1n) is 12.3. The molecule has 0 saturated carbocycles. The van der Waals surface area contributed by atoms with Crippen LogP contribution >= 0.6 is 43.6 Å². The highest BCUT2D eigenvalue weighted by molar-refractivity contribution is 9.11. The molecule has 4 rings (SSSR count). The Bertz CT molecular complexity index is 1500. The predicted molar refractivity (Wildman–Crippen MR) is 165 cm³/mol. The molecule has 2 aromatic carbocycles. The molecule has 2 heterocycles. The van der Waals surface area contributed by atoms with Gasteiger partial charge in [-0.15, -0.1) is 0 Å². The lowest BCUT2D eigenvalue weighted by Crippen LogP contribution is -2.24. The average Bonchev–Trinajstić information content (AvgIpc) is 3.65. The summed E-state index contributed by atoms with van der Waals surface area (Å²) < 4.78 is 33.9. The van der Waals surface area contributed by atoms with Gasteiger partial charge in [0.05, 0.1) is 35.6 Å². The van der Waals surface area contributed by atoms with Crippen molar-refractivity contribution in [1.29, 1.82) is 0 Å². The molecular formula is C28H24Br2N4O8S. The monoisotopic (exact) mass is 734 g/mol. The zero-order chi connectivity index (χ0) is 30.6. The summed E-state index contributed by atoms with van der Waals surface area (Å²) in [6.45, 7) is -0.463. The van der Waals surface area contributed by atoms with Crippen LogP contribution in [0.5, 0.6) is 23.0 Å². The Hall–Kier alpha value is -4.21. The summed E-state index contributed by atoms with van der Waals surface area (Å²) in [5.74, 6) is 2.26. The molecule has 0 aliphatic carbocycles. The first-order chi connectivity index (χ1) is 20.8. The van der Waals surface area contributed by atoms with Gasteiger partial charge in [0.25, 0.3) is 11.8 Å². The summed E-state index contributed by atoms with van der Waals surface area (Å²) in [6.07, 6.45) is 2.73. The van der Waals surface area contributed by atoms with Crippen LogP contribution in [0.4, 0.5) is 0 Å². The van der Waals surface area contributed by atoms with Crippen LogP contribution in [-0.4, -0.2) is 51.7 Å². The number of furan rings is 2. The predicted octanol–water partition coefficient (Wildman–Crippen LogP) is 5.62. The van der Waals surface area contributed by atoms with Gasteiger partial charge in [0, 0.05) is 0 Å². The maximum Gasteiger partial charge on any atom is 0.277 e. The van der Waals surface area contributed by atoms with Crippen LogP contribution in [0, 0.1) is 0 Å². The number of nitrogens with zero attached hydrogens (tertiary/aromatic N) is 2. The molecule has 0 bridgehead atoms. The maximum atomic E-state index is 12.0. The van der Waals surface area contributed by atoms with Crippen molar-refractivity contribution in [2.24, 2.45) is 10.2 Å². The zero-order valence-electron chi connectivity index (χ0n) is 22.7. The number of carbonyl (C=O) groups is 2. The number of rotatable bonds is 14. The van der Waals surface area contributed by atoms with Gasteiger partial charge in [-0.2, -0.15) is 10.2 Å². The van der Waals surface area contributed by atoms with Crippen LogP contribution in [-0.2, 0) is 9.59 Å². The van der Waals surface area contributed by atoms with Crippen LogP contribution in [0.2, 0.25) is 0 Å². The van der Waals surface area contributed by atoms with Crippen molar-refractivity contribution in [3.63, 3.8) is 0 Å². The van der Waals surface area contributed by atoms with Crippen LogP contribution in [0.15, 0.2) is 98.8 Å². The smallest absolute Gasteiger partial charge is 0.277 e. The van der Waals surface area contributed by atoms with Gasteiger partial charge in [0.1, 0.15) is 34.5 Å². The third kappa shape index (κ3) is 9.94. The molecule has 2 aromatic heterocycles. The van der Waals surface area contributed by atoms with Crippen molar-refractivity contribution in [2.75, 3.05) is 27.4 Å². The zero-order valence-corrected chi connectivity index (χ0v) is 26.7. The molecule has 0 atom stereocenters. The average molecular weight is 736 g/mol. The van der Waals surface area contributed by atoms with E-state index in [2.05, 4.69) is 52.9 Å². The highest BCUT2D eigenvalue weighted by Gasteiger charge is 2.10. The van der Waals surface area contributed by atoms with E-state index in [9.17, 15) is 9.59 Å². The van der Waals surface area contributed by atoms with E-state index in [1.54, 1.807) is 74.9 Å². The minimum absolute atomic E-state index is 0.231. The van der Waals surface area contributed by atoms with Gasteiger partial charge in [-0.25, -0.2) is 10.9 Å². The molecule has 0 aliphatic heterocycles. The van der Waals surface area contributed by atoms with Crippen molar-refractivity contribution in [1.82, 2.24) is 10.9 Å². The normalized spacial score (nSPS) is 11.1. The SMILES string of the molecule is COc1ccc(OCC(=O)N/N=C/c2ccc(Sc3ccc(/C=N/NC(=O)COc4ccc(OC)cc4Br)o3)o2)c(Br)c1. The molecule has 224 valence electrons. The number of amides is 2. The number of hydrazone groups is 2. The highest BCUT2D eigenvalue weighted by atomic mass is 79.9. The quantitative estimate of drug-likeness (QED) is 0.124. The summed E-state index contributed by atoms with van der Waals surface area (Å²) in [5, 5.41) is 8.84. The van der Waals surface area contributed by atoms with E-state index < -0.39 is 11.8 Å². The van der Waals surface area contributed by atoms with Gasteiger partial charge >= 0.3 is 0 Å². The first kappa shape index (κ1) is 31.7. The Labute approximate surface area is 267 Å². The fourth-order valence-electron chi connectivity index (χ4n) is 3.15. The van der Waals surface area contributed by atoms with E-state index in [0.29, 0.717) is 53.6 Å². The van der Waals surface area contributed by atoms with Crippen LogP contribution in [0.25, 0.3) is 0 Å². The van der Waals surface area contributed by atoms with Gasteiger partial charge in [0.15, 0.2) is 23.4 Å². The molecule has 4 aromatic rings. The topological polar surface area (TPSA) is 146 Å². The summed E-state index contributed by atoms with van der Waals surface area (Å²) in [5.41, 5.74) is 4.75. The summed E-state index contributed by atoms with van der Waals surface area (Å²) in [4.78, 5) is 24.1. The van der Waals surface area contributed by atoms with Gasteiger partial charge in [0.2, 0.25) is 0 Å². The van der Waals surface area contributed by atoms with Crippen molar-refractivity contribution >= 4 is 67.9 Å². The third-order valence-electron chi connectivity index (χ3n) is 5.16. The second kappa shape index (κ2) is 15.9. The van der Waals surface area contributed by atoms with Crippen LogP contribution in [0.3, 0.4) is 0 Å². The standard InChI is InChI=1S/C28H24Br2N4O8S/c1-37-17-3-7-23(21(29)11-17)39-15-25(35)33-31-13-19-5-9-27(41-19)43-28-10-6-20(42-28)14-32-34-26(36)16-40-24-8-4-18(38-2)12-22(24)30/h3-14H,15-16H2,1-2H3,(H,33,35)(H,34,36)/b31-13+,32-14+. The number of ether oxygens (including phenoxy) is 4. The van der Waals surface area contributed by atoms with E-state index >= 15 is 0 Å². The molecule has 2 amide bonds. The number of hydrogen-bond donors (Lipinski definition) is 2. The minimum Gasteiger partial charge on any atom is -0.497 e. The molecule has 15 heteroatoms. The molecule has 0 aliphatic rings. The number of hydrogen-bond acceptors (Lipinski definition) is 11. The van der Waals surface area contributed by atoms with Gasteiger partial charge in [-0.3, -0.25) is 9.59 Å². The largest absolute Gasteiger partial charge is 0.497 e. The molecule has 0 saturated heterocycles. The van der Waals surface area contributed by atoms with Crippen molar-refractivity contribution in [2.45, 2.75) is 10.2 Å². The number of benzene rings is 2. The van der Waals surface area contributed by atoms with Crippen LogP contribution < -0.4 is 29.8 Å². The van der Waals surface area contributed by atoms with Gasteiger partial charge in [-0.1, -0.05) is 0 Å². The van der Waals surface area contributed by atoms with E-state index in [4.69, 9.17) is 27.8 Å². The summed E-state index contributed by atoms with van der Waals surface area (Å²) in [7, 11) is 3.12. The van der Waals surface area contributed by atoms with Gasteiger partial charge in [-0.05, 0) is 104 Å². The first-order valence-corrected chi connectivity index (χ1v) is 14.7. The summed E-state index contributed by atoms with van der Waals surface area (Å²) >= 11 is 7.96. The van der Waals surface area contributed by atoms with E-state index in [0.717, 1.165) is 0 Å². The summed E-state index contributed by atoms with van der Waals surface area (Å²) in [6, 6.07) is 17.1. The molecule has 0 spiro atoms. The minimum atomic E-state index is -0.445. The Balaban J connectivity index is 1.17. The van der Waals surface area contributed by atoms with Crippen molar-refractivity contribution < 1.29 is 37.4 Å². The maximum absolute atomic E-state index is 12.0. The number of carbonyl (C=O) groups excluding carboxylic acids is 2. The van der Waals surface area contributed by atoms with Gasteiger partial charge < -0.3 is 27.8 Å². The molecular weight excluding hydrogens is 712 g/mol. The fourth-order valence-corrected chi connectivity index (χ4v) is 4.85. The highest BCUT2D eigenvalue weighted by Crippen LogP contribution is 2.31. The number of methoxy groups -OCH3 is 2. The fraction of sp³-hybridized carbons (Fsp3) is 0.143. The van der Waals surface area contributed by atoms with Crippen molar-refractivity contribution in [3.8, 4) is 23.0 Å². The van der Waals surface area contributed by atoms with Crippen LogP contribution in [0.1, 0.15) is 11.5 Å². The molecule has 43 heavy (non-hydrogen) atoms. The lowest BCUT2D eigenvalue weighted by Gasteiger charge is -2.08. The van der Waals surface area contributed by atoms with E-state index in [-0.39, 0.29) is 13.2 Å². The third-order valence-corrected chi connectivity index (χ3v) is 7.24. The molecule has 2 N–H and O–H groups in total. The van der Waals surface area contributed by atoms with E-state index in [1.807, 2.05) is 0 Å². The number of nitrogens with one attached hydrogen (secondary N) is 2. The second-order valence-electron chi connectivity index (χ2n) is 8.17. The second-order valence-corrected chi connectivity index (χ2v) is 10.9. The molecule has 0 fully saturated rings. The molecule has 0 unspecified atom stereocenters. The Morgan fingerprint density at radius 3 is 1.58 bits per heavy atom. The molecule has 0 radical (unpaired) electrons. The Kier molecular flexibility index (Phi) is 11.7. The Morgan fingerprint density at radius 2 is 1.19 bits per heavy atom. The lowest BCUT2D eigenvalue weighted by atomic mass is 10.3. The number of halogens is 2. The molecule has 12 nitrogen and oxygen atoms in total. The van der Waals surface area contributed by atoms with E-state index in [1.165, 1.54) is 24.2 Å². The Morgan fingerprint density at radius 1 is 0.744 bits per heavy atom. The van der Waals surface area contributed by atoms with Crippen molar-refractivity contribution in [3.05, 3.63) is 81.1 Å².